The molecule has 21 heavy (non-hydrogen) atoms. The molecular weight excluding hydrogens is 333 g/mol. The van der Waals surface area contributed by atoms with E-state index in [1.165, 1.54) is 12.1 Å². The van der Waals surface area contributed by atoms with Gasteiger partial charge in [-0.05, 0) is 42.7 Å². The molecule has 3 nitrogen and oxygen atoms in total. The normalized spacial score (nSPS) is 9.81. The minimum atomic E-state index is -0.416. The summed E-state index contributed by atoms with van der Waals surface area (Å²) in [5.41, 5.74) is 1.48. The molecule has 0 saturated carbocycles. The van der Waals surface area contributed by atoms with Gasteiger partial charge in [0.15, 0.2) is 0 Å². The zero-order valence-corrected chi connectivity index (χ0v) is 13.4. The molecule has 0 N–H and O–H groups in total. The van der Waals surface area contributed by atoms with Crippen LogP contribution < -0.4 is 0 Å². The second-order valence-corrected chi connectivity index (χ2v) is 5.13. The Labute approximate surface area is 139 Å². The number of aryl methyl sites for hydroxylation is 1. The predicted molar refractivity (Wildman–Crippen MR) is 86.6 cm³/mol. The van der Waals surface area contributed by atoms with Gasteiger partial charge in [0.2, 0.25) is 0 Å². The highest BCUT2D eigenvalue weighted by Gasteiger charge is 2.09. The Morgan fingerprint density at radius 2 is 1.90 bits per heavy atom. The van der Waals surface area contributed by atoms with E-state index in [9.17, 15) is 4.79 Å². The van der Waals surface area contributed by atoms with Gasteiger partial charge in [-0.1, -0.05) is 29.3 Å². The first-order chi connectivity index (χ1) is 9.65. The molecule has 2 rings (SSSR count). The van der Waals surface area contributed by atoms with Crippen molar-refractivity contribution in [1.82, 2.24) is 4.98 Å². The van der Waals surface area contributed by atoms with Crippen molar-refractivity contribution >= 4 is 41.6 Å². The van der Waals surface area contributed by atoms with Crippen molar-refractivity contribution < 1.29 is 9.53 Å². The molecule has 112 valence electrons. The summed E-state index contributed by atoms with van der Waals surface area (Å²) in [4.78, 5) is 15.8. The molecule has 0 fully saturated rings. The van der Waals surface area contributed by atoms with Crippen LogP contribution in [-0.2, 0) is 11.2 Å². The average molecular weight is 347 g/mol. The van der Waals surface area contributed by atoms with Crippen molar-refractivity contribution in [3.63, 3.8) is 0 Å². The van der Waals surface area contributed by atoms with E-state index in [0.717, 1.165) is 18.4 Å². The van der Waals surface area contributed by atoms with Crippen LogP contribution in [-0.4, -0.2) is 17.6 Å². The van der Waals surface area contributed by atoms with Crippen LogP contribution in [0, 0.1) is 0 Å². The Morgan fingerprint density at radius 3 is 2.52 bits per heavy atom. The summed E-state index contributed by atoms with van der Waals surface area (Å²) in [6.45, 7) is 0.345. The Bertz CT molecular complexity index is 570. The maximum Gasteiger partial charge on any atom is 0.338 e. The van der Waals surface area contributed by atoms with Gasteiger partial charge in [-0.2, -0.15) is 0 Å². The number of ether oxygens (including phenoxy) is 1. The SMILES string of the molecule is Cl.O=C(OCCCc1cccnc1)c1cc(Cl)cc(Cl)c1. The van der Waals surface area contributed by atoms with Gasteiger partial charge in [-0.25, -0.2) is 4.79 Å². The number of carbonyl (C=O) groups is 1. The lowest BCUT2D eigenvalue weighted by Crippen LogP contribution is -2.07. The third-order valence-corrected chi connectivity index (χ3v) is 3.10. The lowest BCUT2D eigenvalue weighted by Gasteiger charge is -2.05. The Kier molecular flexibility index (Phi) is 7.51. The molecule has 0 saturated heterocycles. The number of hydrogen-bond donors (Lipinski definition) is 0. The summed E-state index contributed by atoms with van der Waals surface area (Å²) in [5.74, 6) is -0.416. The third kappa shape index (κ3) is 5.92. The predicted octanol–water partition coefficient (Wildman–Crippen LogP) is 4.60. The van der Waals surface area contributed by atoms with Gasteiger partial charge in [0, 0.05) is 22.4 Å². The maximum absolute atomic E-state index is 11.8. The fraction of sp³-hybridized carbons (Fsp3) is 0.200. The van der Waals surface area contributed by atoms with Crippen molar-refractivity contribution in [3.05, 3.63) is 63.9 Å². The molecule has 1 heterocycles. The number of pyridine rings is 1. The van der Waals surface area contributed by atoms with Crippen LogP contribution in [0.25, 0.3) is 0 Å². The second-order valence-electron chi connectivity index (χ2n) is 4.26. The van der Waals surface area contributed by atoms with Crippen LogP contribution in [0.5, 0.6) is 0 Å². The van der Waals surface area contributed by atoms with Crippen LogP contribution in [0.2, 0.25) is 10.0 Å². The number of aromatic nitrogens is 1. The van der Waals surface area contributed by atoms with Crippen LogP contribution in [0.15, 0.2) is 42.7 Å². The van der Waals surface area contributed by atoms with Gasteiger partial charge < -0.3 is 4.74 Å². The van der Waals surface area contributed by atoms with Gasteiger partial charge in [0.05, 0.1) is 12.2 Å². The second kappa shape index (κ2) is 8.88. The molecule has 1 aromatic heterocycles. The molecule has 0 aliphatic heterocycles. The maximum atomic E-state index is 11.8. The molecule has 0 aliphatic carbocycles. The van der Waals surface area contributed by atoms with E-state index >= 15 is 0 Å². The molecule has 0 unspecified atom stereocenters. The fourth-order valence-electron chi connectivity index (χ4n) is 1.74. The number of hydrogen-bond acceptors (Lipinski definition) is 3. The van der Waals surface area contributed by atoms with Crippen molar-refractivity contribution in [3.8, 4) is 0 Å². The first-order valence-electron chi connectivity index (χ1n) is 6.17. The summed E-state index contributed by atoms with van der Waals surface area (Å²) < 4.78 is 5.18. The first kappa shape index (κ1) is 17.8. The molecule has 6 heteroatoms. The largest absolute Gasteiger partial charge is 0.462 e. The van der Waals surface area contributed by atoms with Crippen LogP contribution >= 0.6 is 35.6 Å². The van der Waals surface area contributed by atoms with E-state index in [2.05, 4.69) is 4.98 Å². The first-order valence-corrected chi connectivity index (χ1v) is 6.93. The molecule has 0 spiro atoms. The van der Waals surface area contributed by atoms with E-state index in [4.69, 9.17) is 27.9 Å². The van der Waals surface area contributed by atoms with E-state index in [-0.39, 0.29) is 12.4 Å². The van der Waals surface area contributed by atoms with Gasteiger partial charge >= 0.3 is 5.97 Å². The number of nitrogens with zero attached hydrogens (tertiary/aromatic N) is 1. The fourth-order valence-corrected chi connectivity index (χ4v) is 2.27. The van der Waals surface area contributed by atoms with Crippen molar-refractivity contribution in [2.75, 3.05) is 6.61 Å². The van der Waals surface area contributed by atoms with Crippen LogP contribution in [0.3, 0.4) is 0 Å². The highest BCUT2D eigenvalue weighted by atomic mass is 35.5. The van der Waals surface area contributed by atoms with Gasteiger partial charge in [-0.3, -0.25) is 4.98 Å². The monoisotopic (exact) mass is 345 g/mol. The highest BCUT2D eigenvalue weighted by molar-refractivity contribution is 6.35. The van der Waals surface area contributed by atoms with E-state index in [1.54, 1.807) is 18.5 Å². The number of benzene rings is 1. The van der Waals surface area contributed by atoms with Crippen molar-refractivity contribution in [2.45, 2.75) is 12.8 Å². The highest BCUT2D eigenvalue weighted by Crippen LogP contribution is 2.19. The number of esters is 1. The molecule has 0 aliphatic rings. The summed E-state index contributed by atoms with van der Waals surface area (Å²) in [6, 6.07) is 8.52. The van der Waals surface area contributed by atoms with Gasteiger partial charge in [0.1, 0.15) is 0 Å². The van der Waals surface area contributed by atoms with Crippen LogP contribution in [0.1, 0.15) is 22.3 Å². The van der Waals surface area contributed by atoms with E-state index in [0.29, 0.717) is 22.2 Å². The lowest BCUT2D eigenvalue weighted by molar-refractivity contribution is 0.0500. The summed E-state index contributed by atoms with van der Waals surface area (Å²) in [7, 11) is 0. The van der Waals surface area contributed by atoms with Crippen molar-refractivity contribution in [2.24, 2.45) is 0 Å². The smallest absolute Gasteiger partial charge is 0.338 e. The van der Waals surface area contributed by atoms with E-state index in [1.807, 2.05) is 12.1 Å². The molecule has 0 amide bonds. The molecular formula is C15H14Cl3NO2. The Balaban J connectivity index is 0.00000220. The van der Waals surface area contributed by atoms with Crippen LogP contribution in [0.4, 0.5) is 0 Å². The summed E-state index contributed by atoms with van der Waals surface area (Å²) >= 11 is 11.7. The van der Waals surface area contributed by atoms with E-state index < -0.39 is 5.97 Å². The number of carbonyl (C=O) groups excluding carboxylic acids is 1. The minimum Gasteiger partial charge on any atom is -0.462 e. The zero-order valence-electron chi connectivity index (χ0n) is 11.1. The number of halogens is 3. The topological polar surface area (TPSA) is 39.2 Å². The quantitative estimate of drug-likeness (QED) is 0.586. The zero-order chi connectivity index (χ0) is 14.4. The number of rotatable bonds is 5. The molecule has 0 radical (unpaired) electrons. The molecule has 0 atom stereocenters. The van der Waals surface area contributed by atoms with Gasteiger partial charge in [0.25, 0.3) is 0 Å². The average Bonchev–Trinajstić information content (AvgIpc) is 2.43. The standard InChI is InChI=1S/C15H13Cl2NO2.ClH/c16-13-7-12(8-14(17)9-13)15(19)20-6-2-4-11-3-1-5-18-10-11;/h1,3,5,7-10H,2,4,6H2;1H. The summed E-state index contributed by atoms with van der Waals surface area (Å²) in [5, 5.41) is 0.833. The lowest BCUT2D eigenvalue weighted by atomic mass is 10.2. The molecule has 1 aromatic carbocycles. The Hall–Kier alpha value is -1.29. The summed E-state index contributed by atoms with van der Waals surface area (Å²) in [6.07, 6.45) is 5.09. The molecule has 0 bridgehead atoms. The molecule has 2 aromatic rings. The van der Waals surface area contributed by atoms with Crippen molar-refractivity contribution in [1.29, 1.82) is 0 Å². The third-order valence-electron chi connectivity index (χ3n) is 2.66. The Morgan fingerprint density at radius 1 is 1.19 bits per heavy atom. The minimum absolute atomic E-state index is 0. The van der Waals surface area contributed by atoms with Gasteiger partial charge in [-0.15, -0.1) is 12.4 Å².